The van der Waals surface area contributed by atoms with Crippen molar-refractivity contribution in [2.45, 2.75) is 30.6 Å². The molecular weight excluding hydrogens is 272 g/mol. The van der Waals surface area contributed by atoms with Crippen LogP contribution in [-0.4, -0.2) is 35.4 Å². The van der Waals surface area contributed by atoms with Crippen LogP contribution in [0.15, 0.2) is 30.3 Å². The summed E-state index contributed by atoms with van der Waals surface area (Å²) < 4.78 is 0. The fourth-order valence-electron chi connectivity index (χ4n) is 2.72. The van der Waals surface area contributed by atoms with E-state index in [1.54, 1.807) is 12.1 Å². The number of nitrogens with one attached hydrogen (secondary N) is 1. The van der Waals surface area contributed by atoms with Crippen molar-refractivity contribution in [2.75, 3.05) is 17.2 Å². The molecule has 0 aromatic heterocycles. The zero-order chi connectivity index (χ0) is 13.9. The highest BCUT2D eigenvalue weighted by molar-refractivity contribution is 8.00. The van der Waals surface area contributed by atoms with Crippen LogP contribution in [0.2, 0.25) is 0 Å². The van der Waals surface area contributed by atoms with Gasteiger partial charge in [-0.05, 0) is 30.7 Å². The lowest BCUT2D eigenvalue weighted by molar-refractivity contribution is -0.121. The van der Waals surface area contributed by atoms with Gasteiger partial charge in [0.1, 0.15) is 0 Å². The average Bonchev–Trinajstić information content (AvgIpc) is 3.06. The van der Waals surface area contributed by atoms with Crippen molar-refractivity contribution >= 4 is 29.3 Å². The minimum absolute atomic E-state index is 0.113. The Balaban J connectivity index is 1.64. The van der Waals surface area contributed by atoms with Gasteiger partial charge in [-0.3, -0.25) is 9.59 Å². The Morgan fingerprint density at radius 3 is 2.75 bits per heavy atom. The Kier molecular flexibility index (Phi) is 4.08. The Bertz CT molecular complexity index is 500. The number of nitrogens with zero attached hydrogens (tertiary/aromatic N) is 1. The smallest absolute Gasteiger partial charge is 0.251 e. The van der Waals surface area contributed by atoms with Gasteiger partial charge in [0, 0.05) is 11.8 Å². The lowest BCUT2D eigenvalue weighted by Crippen LogP contribution is -2.41. The fraction of sp³-hybridized carbons (Fsp3) is 0.467. The molecule has 5 heteroatoms. The van der Waals surface area contributed by atoms with Crippen LogP contribution in [0.5, 0.6) is 0 Å². The molecule has 0 saturated carbocycles. The van der Waals surface area contributed by atoms with Crippen molar-refractivity contribution in [1.29, 1.82) is 0 Å². The highest BCUT2D eigenvalue weighted by Gasteiger charge is 2.39. The van der Waals surface area contributed by atoms with E-state index in [-0.39, 0.29) is 24.3 Å². The van der Waals surface area contributed by atoms with E-state index in [1.807, 2.05) is 30.0 Å². The maximum absolute atomic E-state index is 12.4. The molecule has 1 aromatic carbocycles. The number of rotatable bonds is 4. The Labute approximate surface area is 122 Å². The van der Waals surface area contributed by atoms with Crippen molar-refractivity contribution < 1.29 is 9.59 Å². The second kappa shape index (κ2) is 5.97. The van der Waals surface area contributed by atoms with E-state index in [0.717, 1.165) is 6.54 Å². The standard InChI is InChI=1S/C15H18N2O2S/c18-14-9-13(16-10-12-7-4-8-20-12)15(19)17(14)11-5-2-1-3-6-11/h1-3,5-6,12-13,16H,4,7-10H2. The summed E-state index contributed by atoms with van der Waals surface area (Å²) in [7, 11) is 0. The summed E-state index contributed by atoms with van der Waals surface area (Å²) in [6.07, 6.45) is 2.73. The lowest BCUT2D eigenvalue weighted by atomic mass is 10.2. The fourth-order valence-corrected chi connectivity index (χ4v) is 3.93. The first kappa shape index (κ1) is 13.6. The zero-order valence-corrected chi connectivity index (χ0v) is 12.1. The number of imide groups is 1. The normalized spacial score (nSPS) is 26.5. The average molecular weight is 290 g/mol. The monoisotopic (exact) mass is 290 g/mol. The van der Waals surface area contributed by atoms with Crippen molar-refractivity contribution in [3.63, 3.8) is 0 Å². The molecule has 106 valence electrons. The molecule has 1 N–H and O–H groups in total. The largest absolute Gasteiger partial charge is 0.304 e. The molecule has 2 saturated heterocycles. The van der Waals surface area contributed by atoms with Crippen LogP contribution in [0.1, 0.15) is 19.3 Å². The molecule has 0 radical (unpaired) electrons. The van der Waals surface area contributed by atoms with Gasteiger partial charge in [0.15, 0.2) is 0 Å². The number of para-hydroxylation sites is 1. The van der Waals surface area contributed by atoms with Crippen LogP contribution < -0.4 is 10.2 Å². The number of amides is 2. The van der Waals surface area contributed by atoms with Gasteiger partial charge >= 0.3 is 0 Å². The van der Waals surface area contributed by atoms with Crippen LogP contribution in [0.3, 0.4) is 0 Å². The van der Waals surface area contributed by atoms with Crippen molar-refractivity contribution in [3.05, 3.63) is 30.3 Å². The summed E-state index contributed by atoms with van der Waals surface area (Å²) in [5.74, 6) is 0.974. The molecular formula is C15H18N2O2S. The third kappa shape index (κ3) is 2.74. The molecule has 1 aromatic rings. The predicted molar refractivity (Wildman–Crippen MR) is 80.8 cm³/mol. The van der Waals surface area contributed by atoms with Gasteiger partial charge in [0.25, 0.3) is 5.91 Å². The molecule has 2 aliphatic rings. The van der Waals surface area contributed by atoms with Crippen molar-refractivity contribution in [1.82, 2.24) is 5.32 Å². The van der Waals surface area contributed by atoms with E-state index >= 15 is 0 Å². The van der Waals surface area contributed by atoms with Crippen LogP contribution >= 0.6 is 11.8 Å². The third-order valence-electron chi connectivity index (χ3n) is 3.78. The number of hydrogen-bond acceptors (Lipinski definition) is 4. The number of thioether (sulfide) groups is 1. The van der Waals surface area contributed by atoms with Gasteiger partial charge in [0.05, 0.1) is 18.2 Å². The van der Waals surface area contributed by atoms with Gasteiger partial charge in [-0.2, -0.15) is 11.8 Å². The van der Waals surface area contributed by atoms with Gasteiger partial charge in [-0.25, -0.2) is 4.90 Å². The Hall–Kier alpha value is -1.33. The topological polar surface area (TPSA) is 49.4 Å². The molecule has 0 aliphatic carbocycles. The summed E-state index contributed by atoms with van der Waals surface area (Å²) >= 11 is 1.95. The third-order valence-corrected chi connectivity index (χ3v) is 5.18. The zero-order valence-electron chi connectivity index (χ0n) is 11.2. The van der Waals surface area contributed by atoms with E-state index in [1.165, 1.54) is 23.5 Å². The molecule has 2 atom stereocenters. The molecule has 2 aliphatic heterocycles. The maximum Gasteiger partial charge on any atom is 0.251 e. The summed E-state index contributed by atoms with van der Waals surface area (Å²) in [6.45, 7) is 0.816. The summed E-state index contributed by atoms with van der Waals surface area (Å²) in [6, 6.07) is 8.79. The number of anilines is 1. The van der Waals surface area contributed by atoms with Crippen molar-refractivity contribution in [2.24, 2.45) is 0 Å². The summed E-state index contributed by atoms with van der Waals surface area (Å²) in [5.41, 5.74) is 0.669. The first-order valence-electron chi connectivity index (χ1n) is 7.02. The van der Waals surface area contributed by atoms with Crippen LogP contribution in [0.25, 0.3) is 0 Å². The Morgan fingerprint density at radius 1 is 1.25 bits per heavy atom. The van der Waals surface area contributed by atoms with Gasteiger partial charge in [-0.15, -0.1) is 0 Å². The SMILES string of the molecule is O=C1CC(NCC2CCCS2)C(=O)N1c1ccccc1. The number of carbonyl (C=O) groups excluding carboxylic acids is 2. The first-order valence-corrected chi connectivity index (χ1v) is 8.07. The second-order valence-electron chi connectivity index (χ2n) is 5.20. The molecule has 2 amide bonds. The molecule has 3 rings (SSSR count). The minimum Gasteiger partial charge on any atom is -0.304 e. The quantitative estimate of drug-likeness (QED) is 0.859. The molecule has 2 fully saturated rings. The molecule has 2 unspecified atom stereocenters. The molecule has 20 heavy (non-hydrogen) atoms. The highest BCUT2D eigenvalue weighted by atomic mass is 32.2. The minimum atomic E-state index is -0.357. The number of hydrogen-bond donors (Lipinski definition) is 1. The summed E-state index contributed by atoms with van der Waals surface area (Å²) in [5, 5.41) is 3.86. The van der Waals surface area contributed by atoms with Gasteiger partial charge in [0.2, 0.25) is 5.91 Å². The number of carbonyl (C=O) groups is 2. The highest BCUT2D eigenvalue weighted by Crippen LogP contribution is 2.26. The van der Waals surface area contributed by atoms with Crippen molar-refractivity contribution in [3.8, 4) is 0 Å². The molecule has 0 spiro atoms. The van der Waals surface area contributed by atoms with E-state index < -0.39 is 0 Å². The number of benzene rings is 1. The van der Waals surface area contributed by atoms with Crippen LogP contribution in [0.4, 0.5) is 5.69 Å². The van der Waals surface area contributed by atoms with E-state index in [9.17, 15) is 9.59 Å². The second-order valence-corrected chi connectivity index (χ2v) is 6.61. The summed E-state index contributed by atoms with van der Waals surface area (Å²) in [4.78, 5) is 25.7. The molecule has 2 heterocycles. The van der Waals surface area contributed by atoms with E-state index in [0.29, 0.717) is 10.9 Å². The lowest BCUT2D eigenvalue weighted by Gasteiger charge is -2.16. The van der Waals surface area contributed by atoms with E-state index in [4.69, 9.17) is 0 Å². The van der Waals surface area contributed by atoms with Crippen LogP contribution in [-0.2, 0) is 9.59 Å². The predicted octanol–water partition coefficient (Wildman–Crippen LogP) is 1.80. The van der Waals surface area contributed by atoms with Crippen LogP contribution in [0, 0.1) is 0 Å². The van der Waals surface area contributed by atoms with Gasteiger partial charge in [-0.1, -0.05) is 18.2 Å². The van der Waals surface area contributed by atoms with Gasteiger partial charge < -0.3 is 5.32 Å². The first-order chi connectivity index (χ1) is 9.75. The van der Waals surface area contributed by atoms with E-state index in [2.05, 4.69) is 5.32 Å². The Morgan fingerprint density at radius 2 is 2.05 bits per heavy atom. The maximum atomic E-state index is 12.4. The molecule has 0 bridgehead atoms. The molecule has 4 nitrogen and oxygen atoms in total.